The molecule has 1 rings (SSSR count). The number of benzene rings is 1. The van der Waals surface area contributed by atoms with E-state index in [0.29, 0.717) is 5.57 Å². The molecule has 28 heavy (non-hydrogen) atoms. The van der Waals surface area contributed by atoms with Crippen LogP contribution in [0.1, 0.15) is 20.8 Å². The fourth-order valence-corrected chi connectivity index (χ4v) is 2.58. The van der Waals surface area contributed by atoms with Crippen molar-refractivity contribution in [3.8, 4) is 0 Å². The standard InChI is InChI=1S/C19H19F3O5S/c1-4-26-17(24)15(13(3)16(23)27-18(25)19(20,21)22)10-12(2)11-28-14-8-6-5-7-9-14/h5-11,13H,4H2,1-3H3/b12-11+,15-10+. The summed E-state index contributed by atoms with van der Waals surface area (Å²) < 4.78 is 45.5. The van der Waals surface area contributed by atoms with Gasteiger partial charge in [-0.3, -0.25) is 4.79 Å². The van der Waals surface area contributed by atoms with Gasteiger partial charge in [0.2, 0.25) is 0 Å². The Morgan fingerprint density at radius 2 is 1.79 bits per heavy atom. The molecule has 0 aromatic heterocycles. The molecule has 0 aliphatic heterocycles. The van der Waals surface area contributed by atoms with Gasteiger partial charge in [0.1, 0.15) is 0 Å². The molecular formula is C19H19F3O5S. The lowest BCUT2D eigenvalue weighted by Gasteiger charge is -2.14. The van der Waals surface area contributed by atoms with Gasteiger partial charge in [0.15, 0.2) is 0 Å². The second kappa shape index (κ2) is 10.7. The number of alkyl halides is 3. The number of halogens is 3. The van der Waals surface area contributed by atoms with Crippen molar-refractivity contribution in [3.63, 3.8) is 0 Å². The maximum atomic E-state index is 12.3. The summed E-state index contributed by atoms with van der Waals surface area (Å²) in [5, 5.41) is 1.70. The molecule has 1 aromatic carbocycles. The lowest BCUT2D eigenvalue weighted by atomic mass is 9.99. The summed E-state index contributed by atoms with van der Waals surface area (Å²) >= 11 is 1.35. The zero-order chi connectivity index (χ0) is 21.3. The van der Waals surface area contributed by atoms with Crippen molar-refractivity contribution < 1.29 is 37.0 Å². The average Bonchev–Trinajstić information content (AvgIpc) is 2.64. The van der Waals surface area contributed by atoms with E-state index in [1.54, 1.807) is 19.3 Å². The Morgan fingerprint density at radius 3 is 2.32 bits per heavy atom. The highest BCUT2D eigenvalue weighted by atomic mass is 32.2. The summed E-state index contributed by atoms with van der Waals surface area (Å²) in [6.45, 7) is 4.35. The number of hydrogen-bond donors (Lipinski definition) is 0. The molecule has 1 unspecified atom stereocenters. The highest BCUT2D eigenvalue weighted by Crippen LogP contribution is 2.24. The monoisotopic (exact) mass is 416 g/mol. The molecular weight excluding hydrogens is 397 g/mol. The van der Waals surface area contributed by atoms with Crippen LogP contribution in [0.15, 0.2) is 57.9 Å². The molecule has 0 heterocycles. The van der Waals surface area contributed by atoms with Crippen LogP contribution >= 0.6 is 11.8 Å². The highest BCUT2D eigenvalue weighted by molar-refractivity contribution is 8.02. The highest BCUT2D eigenvalue weighted by Gasteiger charge is 2.43. The van der Waals surface area contributed by atoms with Crippen LogP contribution in [0.3, 0.4) is 0 Å². The van der Waals surface area contributed by atoms with Gasteiger partial charge in [0.25, 0.3) is 0 Å². The van der Waals surface area contributed by atoms with Gasteiger partial charge >= 0.3 is 24.1 Å². The fraction of sp³-hybridized carbons (Fsp3) is 0.316. The summed E-state index contributed by atoms with van der Waals surface area (Å²) in [4.78, 5) is 35.8. The number of carbonyl (C=O) groups is 3. The SMILES string of the molecule is CCOC(=O)/C(=C/C(C)=C/Sc1ccccc1)C(C)C(=O)OC(=O)C(F)(F)F. The summed E-state index contributed by atoms with van der Waals surface area (Å²) in [5.41, 5.74) is 0.336. The van der Waals surface area contributed by atoms with Crippen LogP contribution in [0, 0.1) is 5.92 Å². The van der Waals surface area contributed by atoms with Crippen molar-refractivity contribution in [1.82, 2.24) is 0 Å². The third-order valence-electron chi connectivity index (χ3n) is 3.26. The van der Waals surface area contributed by atoms with Gasteiger partial charge in [-0.05, 0) is 50.0 Å². The van der Waals surface area contributed by atoms with Gasteiger partial charge in [-0.1, -0.05) is 30.0 Å². The number of allylic oxidation sites excluding steroid dienone is 2. The molecule has 0 aliphatic carbocycles. The topological polar surface area (TPSA) is 69.7 Å². The van der Waals surface area contributed by atoms with E-state index in [1.165, 1.54) is 17.8 Å². The number of rotatable bonds is 7. The second-order valence-corrected chi connectivity index (χ2v) is 6.48. The Morgan fingerprint density at radius 1 is 1.18 bits per heavy atom. The molecule has 9 heteroatoms. The number of hydrogen-bond acceptors (Lipinski definition) is 6. The first-order chi connectivity index (χ1) is 13.1. The molecule has 1 aromatic rings. The largest absolute Gasteiger partial charge is 0.491 e. The van der Waals surface area contributed by atoms with E-state index in [4.69, 9.17) is 4.74 Å². The van der Waals surface area contributed by atoms with E-state index < -0.39 is 30.0 Å². The van der Waals surface area contributed by atoms with Crippen LogP contribution in [-0.2, 0) is 23.9 Å². The minimum Gasteiger partial charge on any atom is -0.463 e. The predicted molar refractivity (Wildman–Crippen MR) is 97.1 cm³/mol. The van der Waals surface area contributed by atoms with Gasteiger partial charge in [-0.25, -0.2) is 9.59 Å². The summed E-state index contributed by atoms with van der Waals surface area (Å²) in [7, 11) is 0. The minimum absolute atomic E-state index is 0.000942. The van der Waals surface area contributed by atoms with E-state index >= 15 is 0 Å². The van der Waals surface area contributed by atoms with Crippen molar-refractivity contribution in [2.24, 2.45) is 5.92 Å². The smallest absolute Gasteiger partial charge is 0.463 e. The van der Waals surface area contributed by atoms with Crippen LogP contribution in [0.25, 0.3) is 0 Å². The molecule has 0 spiro atoms. The van der Waals surface area contributed by atoms with Crippen molar-refractivity contribution in [1.29, 1.82) is 0 Å². The molecule has 152 valence electrons. The molecule has 0 N–H and O–H groups in total. The summed E-state index contributed by atoms with van der Waals surface area (Å²) in [6, 6.07) is 9.29. The van der Waals surface area contributed by atoms with E-state index in [1.807, 2.05) is 30.3 Å². The lowest BCUT2D eigenvalue weighted by molar-refractivity contribution is -0.202. The average molecular weight is 416 g/mol. The van der Waals surface area contributed by atoms with Crippen LogP contribution < -0.4 is 0 Å². The molecule has 0 aliphatic rings. The molecule has 0 saturated carbocycles. The van der Waals surface area contributed by atoms with Gasteiger partial charge in [-0.15, -0.1) is 0 Å². The van der Waals surface area contributed by atoms with E-state index in [2.05, 4.69) is 4.74 Å². The van der Waals surface area contributed by atoms with Gasteiger partial charge in [0.05, 0.1) is 18.1 Å². The Bertz CT molecular complexity index is 770. The normalized spacial score (nSPS) is 13.6. The minimum atomic E-state index is -5.31. The van der Waals surface area contributed by atoms with Crippen molar-refractivity contribution in [2.45, 2.75) is 31.8 Å². The van der Waals surface area contributed by atoms with Crippen LogP contribution in [0.5, 0.6) is 0 Å². The third-order valence-corrected chi connectivity index (χ3v) is 4.30. The molecule has 0 saturated heterocycles. The Kier molecular flexibility index (Phi) is 8.98. The lowest BCUT2D eigenvalue weighted by Crippen LogP contribution is -2.32. The number of esters is 3. The molecule has 0 bridgehead atoms. The maximum Gasteiger partial charge on any atom is 0.491 e. The first kappa shape index (κ1) is 23.5. The van der Waals surface area contributed by atoms with Gasteiger partial charge in [0, 0.05) is 4.90 Å². The molecule has 1 atom stereocenters. The van der Waals surface area contributed by atoms with Crippen LogP contribution in [-0.4, -0.2) is 30.7 Å². The Balaban J connectivity index is 3.03. The van der Waals surface area contributed by atoms with Crippen molar-refractivity contribution >= 4 is 29.7 Å². The molecule has 0 radical (unpaired) electrons. The second-order valence-electron chi connectivity index (χ2n) is 5.54. The van der Waals surface area contributed by atoms with Crippen molar-refractivity contribution in [3.05, 3.63) is 53.0 Å². The van der Waals surface area contributed by atoms with E-state index in [9.17, 15) is 27.6 Å². The van der Waals surface area contributed by atoms with Gasteiger partial charge in [-0.2, -0.15) is 13.2 Å². The first-order valence-electron chi connectivity index (χ1n) is 8.16. The van der Waals surface area contributed by atoms with Crippen molar-refractivity contribution in [2.75, 3.05) is 6.61 Å². The van der Waals surface area contributed by atoms with Crippen LogP contribution in [0.2, 0.25) is 0 Å². The quantitative estimate of drug-likeness (QED) is 0.215. The van der Waals surface area contributed by atoms with E-state index in [0.717, 1.165) is 11.8 Å². The summed E-state index contributed by atoms with van der Waals surface area (Å²) in [6.07, 6.45) is -4.00. The van der Waals surface area contributed by atoms with E-state index in [-0.39, 0.29) is 12.2 Å². The Hall–Kier alpha value is -2.55. The van der Waals surface area contributed by atoms with Crippen LogP contribution in [0.4, 0.5) is 13.2 Å². The summed E-state index contributed by atoms with van der Waals surface area (Å²) in [5.74, 6) is -6.45. The predicted octanol–water partition coefficient (Wildman–Crippen LogP) is 4.44. The Labute approximate surface area is 164 Å². The number of carbonyl (C=O) groups excluding carboxylic acids is 3. The maximum absolute atomic E-state index is 12.3. The molecule has 0 fully saturated rings. The zero-order valence-electron chi connectivity index (χ0n) is 15.4. The molecule has 0 amide bonds. The zero-order valence-corrected chi connectivity index (χ0v) is 16.2. The number of ether oxygens (including phenoxy) is 2. The third kappa shape index (κ3) is 7.59. The number of thioether (sulfide) groups is 1. The fourth-order valence-electron chi connectivity index (χ4n) is 1.88. The molecule has 5 nitrogen and oxygen atoms in total. The first-order valence-corrected chi connectivity index (χ1v) is 9.04. The van der Waals surface area contributed by atoms with Gasteiger partial charge < -0.3 is 9.47 Å².